The van der Waals surface area contributed by atoms with Gasteiger partial charge in [-0.15, -0.1) is 0 Å². The van der Waals surface area contributed by atoms with Gasteiger partial charge < -0.3 is 14.0 Å². The largest absolute Gasteiger partial charge is 0.481 e. The number of carbonyl (C=O) groups is 1. The molecule has 0 spiro atoms. The molecule has 0 aliphatic rings. The second-order valence-corrected chi connectivity index (χ2v) is 25.9. The molecule has 0 saturated carbocycles. The molecular formula is C36H77NO4Si2. The molecule has 7 heteroatoms. The van der Waals surface area contributed by atoms with E-state index in [0.717, 1.165) is 32.5 Å². The quantitative estimate of drug-likeness (QED) is 0.0750. The minimum atomic E-state index is -1.95. The van der Waals surface area contributed by atoms with E-state index in [0.29, 0.717) is 6.42 Å². The zero-order valence-electron chi connectivity index (χ0n) is 31.2. The molecule has 0 aromatic heterocycles. The van der Waals surface area contributed by atoms with Crippen molar-refractivity contribution >= 4 is 22.6 Å². The second-order valence-electron chi connectivity index (χ2n) is 16.4. The summed E-state index contributed by atoms with van der Waals surface area (Å²) in [5.74, 6) is -0.706. The zero-order chi connectivity index (χ0) is 33.2. The molecule has 0 rings (SSSR count). The standard InChI is InChI=1S/C36H77NO4Si2/c1-13-15-17-19-21-23-26-32(40-42(9,10)35(3,4)5)30-37(29-25-28-34(38)39)31-33(27-24-22-20-18-16-14-2)41-43(11,12)36(6,7)8/h32-33H,13-31H2,1-12H3,(H,38,39). The summed E-state index contributed by atoms with van der Waals surface area (Å²) in [6.45, 7) is 30.5. The molecule has 2 atom stereocenters. The fourth-order valence-electron chi connectivity index (χ4n) is 5.15. The van der Waals surface area contributed by atoms with Gasteiger partial charge in [-0.1, -0.05) is 132 Å². The zero-order valence-corrected chi connectivity index (χ0v) is 33.2. The van der Waals surface area contributed by atoms with Gasteiger partial charge in [-0.2, -0.15) is 0 Å². The number of hydrogen-bond donors (Lipinski definition) is 1. The summed E-state index contributed by atoms with van der Waals surface area (Å²) >= 11 is 0. The molecule has 43 heavy (non-hydrogen) atoms. The maximum Gasteiger partial charge on any atom is 0.303 e. The van der Waals surface area contributed by atoms with Crippen LogP contribution in [0.5, 0.6) is 0 Å². The molecule has 5 nitrogen and oxygen atoms in total. The molecule has 0 aromatic carbocycles. The highest BCUT2D eigenvalue weighted by Gasteiger charge is 2.41. The van der Waals surface area contributed by atoms with Crippen molar-refractivity contribution in [2.45, 2.75) is 207 Å². The van der Waals surface area contributed by atoms with E-state index in [2.05, 4.69) is 86.5 Å². The Morgan fingerprint density at radius 1 is 0.628 bits per heavy atom. The van der Waals surface area contributed by atoms with Crippen LogP contribution in [0.1, 0.15) is 158 Å². The number of nitrogens with zero attached hydrogens (tertiary/aromatic N) is 1. The van der Waals surface area contributed by atoms with Crippen LogP contribution in [0, 0.1) is 0 Å². The van der Waals surface area contributed by atoms with Gasteiger partial charge in [0.1, 0.15) is 0 Å². The van der Waals surface area contributed by atoms with Crippen molar-refractivity contribution in [3.63, 3.8) is 0 Å². The molecule has 0 saturated heterocycles. The predicted molar refractivity (Wildman–Crippen MR) is 193 cm³/mol. The van der Waals surface area contributed by atoms with Gasteiger partial charge in [0, 0.05) is 19.5 Å². The van der Waals surface area contributed by atoms with Crippen LogP contribution < -0.4 is 0 Å². The average molecular weight is 644 g/mol. The van der Waals surface area contributed by atoms with Gasteiger partial charge in [0.2, 0.25) is 0 Å². The maximum absolute atomic E-state index is 11.5. The molecule has 0 amide bonds. The fourth-order valence-corrected chi connectivity index (χ4v) is 7.91. The van der Waals surface area contributed by atoms with Crippen LogP contribution in [-0.4, -0.2) is 64.5 Å². The molecule has 0 heterocycles. The molecular weight excluding hydrogens is 567 g/mol. The number of carboxylic acid groups (broad SMARTS) is 1. The maximum atomic E-state index is 11.5. The normalized spacial score (nSPS) is 14.8. The van der Waals surface area contributed by atoms with E-state index in [1.54, 1.807) is 0 Å². The monoisotopic (exact) mass is 644 g/mol. The highest BCUT2D eigenvalue weighted by Crippen LogP contribution is 2.39. The Morgan fingerprint density at radius 2 is 0.977 bits per heavy atom. The number of unbranched alkanes of at least 4 members (excludes halogenated alkanes) is 10. The van der Waals surface area contributed by atoms with E-state index in [9.17, 15) is 9.90 Å². The lowest BCUT2D eigenvalue weighted by Crippen LogP contribution is -2.50. The molecule has 0 aliphatic heterocycles. The Bertz CT molecular complexity index is 665. The Kier molecular flexibility index (Phi) is 21.4. The van der Waals surface area contributed by atoms with Crippen molar-refractivity contribution in [2.24, 2.45) is 0 Å². The Morgan fingerprint density at radius 3 is 1.30 bits per heavy atom. The van der Waals surface area contributed by atoms with Crippen molar-refractivity contribution in [3.05, 3.63) is 0 Å². The Hall–Kier alpha value is -0.216. The third-order valence-corrected chi connectivity index (χ3v) is 19.2. The van der Waals surface area contributed by atoms with Gasteiger partial charge in [0.25, 0.3) is 0 Å². The summed E-state index contributed by atoms with van der Waals surface area (Å²) in [5.41, 5.74) is 0. The molecule has 0 aromatic rings. The summed E-state index contributed by atoms with van der Waals surface area (Å²) < 4.78 is 14.2. The van der Waals surface area contributed by atoms with Crippen molar-refractivity contribution < 1.29 is 18.8 Å². The van der Waals surface area contributed by atoms with E-state index in [-0.39, 0.29) is 28.7 Å². The number of rotatable bonds is 26. The minimum absolute atomic E-state index is 0.159. The van der Waals surface area contributed by atoms with Gasteiger partial charge >= 0.3 is 5.97 Å². The summed E-state index contributed by atoms with van der Waals surface area (Å²) in [5, 5.41) is 9.75. The lowest BCUT2D eigenvalue weighted by Gasteiger charge is -2.42. The van der Waals surface area contributed by atoms with E-state index in [4.69, 9.17) is 8.85 Å². The highest BCUT2D eigenvalue weighted by atomic mass is 28.4. The predicted octanol–water partition coefficient (Wildman–Crippen LogP) is 11.4. The fraction of sp³-hybridized carbons (Fsp3) is 0.972. The van der Waals surface area contributed by atoms with Crippen molar-refractivity contribution in [1.82, 2.24) is 4.90 Å². The van der Waals surface area contributed by atoms with Crippen LogP contribution in [0.15, 0.2) is 0 Å². The van der Waals surface area contributed by atoms with Crippen LogP contribution in [0.4, 0.5) is 0 Å². The van der Waals surface area contributed by atoms with E-state index in [1.165, 1.54) is 77.0 Å². The SMILES string of the molecule is CCCCCCCCC(CN(CCCC(=O)O)CC(CCCCCCCC)O[Si](C)(C)C(C)(C)C)O[Si](C)(C)C(C)(C)C. The van der Waals surface area contributed by atoms with Crippen LogP contribution in [-0.2, 0) is 13.6 Å². The van der Waals surface area contributed by atoms with Crippen molar-refractivity contribution in [3.8, 4) is 0 Å². The molecule has 0 radical (unpaired) electrons. The van der Waals surface area contributed by atoms with Gasteiger partial charge in [0.05, 0.1) is 12.2 Å². The first kappa shape index (κ1) is 42.8. The number of hydrogen-bond acceptors (Lipinski definition) is 4. The number of aliphatic carboxylic acids is 1. The lowest BCUT2D eigenvalue weighted by atomic mass is 10.1. The highest BCUT2D eigenvalue weighted by molar-refractivity contribution is 6.74. The lowest BCUT2D eigenvalue weighted by molar-refractivity contribution is -0.137. The first-order valence-corrected chi connectivity index (χ1v) is 24.0. The average Bonchev–Trinajstić information content (AvgIpc) is 2.86. The Labute approximate surface area is 271 Å². The van der Waals surface area contributed by atoms with E-state index >= 15 is 0 Å². The summed E-state index contributed by atoms with van der Waals surface area (Å²) in [7, 11) is -3.90. The third kappa shape index (κ3) is 19.8. The smallest absolute Gasteiger partial charge is 0.303 e. The first-order chi connectivity index (χ1) is 19.9. The van der Waals surface area contributed by atoms with Crippen LogP contribution >= 0.6 is 0 Å². The molecule has 0 aliphatic carbocycles. The van der Waals surface area contributed by atoms with Gasteiger partial charge in [-0.3, -0.25) is 9.69 Å². The summed E-state index contributed by atoms with van der Waals surface area (Å²) in [6.07, 6.45) is 18.8. The van der Waals surface area contributed by atoms with Crippen molar-refractivity contribution in [1.29, 1.82) is 0 Å². The number of carboxylic acids is 1. The molecule has 2 unspecified atom stereocenters. The van der Waals surface area contributed by atoms with Crippen LogP contribution in [0.3, 0.4) is 0 Å². The summed E-state index contributed by atoms with van der Waals surface area (Å²) in [6, 6.07) is 0. The van der Waals surface area contributed by atoms with E-state index < -0.39 is 22.6 Å². The van der Waals surface area contributed by atoms with Gasteiger partial charge in [0.15, 0.2) is 16.6 Å². The van der Waals surface area contributed by atoms with Crippen molar-refractivity contribution in [2.75, 3.05) is 19.6 Å². The van der Waals surface area contributed by atoms with Crippen LogP contribution in [0.2, 0.25) is 36.3 Å². The second kappa shape index (κ2) is 21.6. The molecule has 0 fully saturated rings. The molecule has 258 valence electrons. The molecule has 0 bridgehead atoms. The Balaban J connectivity index is 5.90. The van der Waals surface area contributed by atoms with Crippen LogP contribution in [0.25, 0.3) is 0 Å². The summed E-state index contributed by atoms with van der Waals surface area (Å²) in [4.78, 5) is 14.0. The van der Waals surface area contributed by atoms with E-state index in [1.807, 2.05) is 0 Å². The van der Waals surface area contributed by atoms with Gasteiger partial charge in [-0.05, 0) is 62.1 Å². The topological polar surface area (TPSA) is 59.0 Å². The first-order valence-electron chi connectivity index (χ1n) is 18.2. The van der Waals surface area contributed by atoms with Gasteiger partial charge in [-0.25, -0.2) is 0 Å². The molecule has 1 N–H and O–H groups in total. The third-order valence-electron chi connectivity index (χ3n) is 10.1. The minimum Gasteiger partial charge on any atom is -0.481 e.